The Kier molecular flexibility index (Phi) is 5.42. The van der Waals surface area contributed by atoms with Gasteiger partial charge in [-0.3, -0.25) is 9.11 Å². The van der Waals surface area contributed by atoms with Gasteiger partial charge < -0.3 is 5.32 Å². The van der Waals surface area contributed by atoms with Crippen molar-refractivity contribution in [3.63, 3.8) is 0 Å². The van der Waals surface area contributed by atoms with Gasteiger partial charge in [0.1, 0.15) is 4.58 Å². The van der Waals surface area contributed by atoms with Crippen molar-refractivity contribution < 1.29 is 9.11 Å². The monoisotopic (exact) mass is 364 g/mol. The molecule has 3 N–H and O–H groups in total. The summed E-state index contributed by atoms with van der Waals surface area (Å²) in [6.45, 7) is 2.90. The van der Waals surface area contributed by atoms with E-state index in [1.54, 1.807) is 16.1 Å². The van der Waals surface area contributed by atoms with Crippen molar-refractivity contribution in [1.29, 1.82) is 0 Å². The molecule has 1 heterocycles. The molecule has 0 saturated heterocycles. The molecule has 130 valence electrons. The van der Waals surface area contributed by atoms with Gasteiger partial charge in [0.25, 0.3) is 0 Å². The number of para-hydroxylation sites is 1. The molecule has 2 aromatic carbocycles. The van der Waals surface area contributed by atoms with Crippen LogP contribution < -0.4 is 9.62 Å². The van der Waals surface area contributed by atoms with E-state index in [1.807, 2.05) is 56.4 Å². The summed E-state index contributed by atoms with van der Waals surface area (Å²) < 4.78 is 23.7. The molecule has 2 aromatic rings. The highest BCUT2D eigenvalue weighted by Crippen LogP contribution is 2.65. The molecule has 0 aromatic heterocycles. The van der Waals surface area contributed by atoms with Crippen LogP contribution in [0.2, 0.25) is 0 Å². The number of nitrogens with zero attached hydrogens (tertiary/aromatic N) is 1. The molecule has 6 heteroatoms. The Bertz CT molecular complexity index is 692. The Labute approximate surface area is 149 Å². The van der Waals surface area contributed by atoms with Crippen LogP contribution in [0.25, 0.3) is 0 Å². The molecule has 0 amide bonds. The van der Waals surface area contributed by atoms with Gasteiger partial charge in [-0.1, -0.05) is 41.6 Å². The normalized spacial score (nSPS) is 20.5. The van der Waals surface area contributed by atoms with E-state index >= 15 is 0 Å². The molecule has 4 nitrogen and oxygen atoms in total. The SMILES string of the molecule is CNCCCC1Sc2ccccc2N(c2ccc(C)cc2)S1(O)O. The van der Waals surface area contributed by atoms with Crippen molar-refractivity contribution >= 4 is 33.9 Å². The average molecular weight is 365 g/mol. The Hall–Kier alpha value is -1.18. The number of benzene rings is 2. The third-order valence-corrected chi connectivity index (χ3v) is 8.15. The number of thioether (sulfide) groups is 1. The summed E-state index contributed by atoms with van der Waals surface area (Å²) >= 11 is 1.58. The molecule has 0 saturated carbocycles. The Morgan fingerprint density at radius 1 is 1.12 bits per heavy atom. The fourth-order valence-corrected chi connectivity index (χ4v) is 6.58. The summed E-state index contributed by atoms with van der Waals surface area (Å²) in [5.74, 6) is 0. The van der Waals surface area contributed by atoms with Crippen LogP contribution in [-0.2, 0) is 0 Å². The van der Waals surface area contributed by atoms with Gasteiger partial charge in [0.15, 0.2) is 0 Å². The minimum Gasteiger partial charge on any atom is -0.320 e. The summed E-state index contributed by atoms with van der Waals surface area (Å²) in [4.78, 5) is 1.10. The van der Waals surface area contributed by atoms with Gasteiger partial charge >= 0.3 is 0 Å². The first kappa shape index (κ1) is 17.6. The topological polar surface area (TPSA) is 55.7 Å². The van der Waals surface area contributed by atoms with Crippen LogP contribution in [-0.4, -0.2) is 27.3 Å². The van der Waals surface area contributed by atoms with Crippen molar-refractivity contribution in [2.45, 2.75) is 29.2 Å². The lowest BCUT2D eigenvalue weighted by molar-refractivity contribution is 0.477. The Balaban J connectivity index is 2.01. The predicted octanol–water partition coefficient (Wildman–Crippen LogP) is 5.23. The maximum Gasteiger partial charge on any atom is 0.119 e. The first-order valence-electron chi connectivity index (χ1n) is 8.08. The number of anilines is 2. The van der Waals surface area contributed by atoms with Gasteiger partial charge in [0.05, 0.1) is 11.4 Å². The third kappa shape index (κ3) is 3.43. The molecular formula is C18H24N2O2S2. The lowest BCUT2D eigenvalue weighted by Crippen LogP contribution is -2.33. The molecule has 0 aliphatic carbocycles. The fraction of sp³-hybridized carbons (Fsp3) is 0.333. The third-order valence-electron chi connectivity index (χ3n) is 4.10. The molecular weight excluding hydrogens is 340 g/mol. The molecule has 1 atom stereocenters. The van der Waals surface area contributed by atoms with Gasteiger partial charge in [0, 0.05) is 4.90 Å². The number of aryl methyl sites for hydroxylation is 1. The predicted molar refractivity (Wildman–Crippen MR) is 105 cm³/mol. The van der Waals surface area contributed by atoms with Crippen LogP contribution in [0.1, 0.15) is 18.4 Å². The lowest BCUT2D eigenvalue weighted by atomic mass is 10.2. The molecule has 0 spiro atoms. The second-order valence-electron chi connectivity index (χ2n) is 5.95. The van der Waals surface area contributed by atoms with Crippen LogP contribution in [0.15, 0.2) is 53.4 Å². The molecule has 1 aliphatic rings. The zero-order valence-corrected chi connectivity index (χ0v) is 15.6. The first-order chi connectivity index (χ1) is 11.5. The van der Waals surface area contributed by atoms with Crippen molar-refractivity contribution in [3.8, 4) is 0 Å². The largest absolute Gasteiger partial charge is 0.320 e. The molecule has 0 bridgehead atoms. The van der Waals surface area contributed by atoms with Gasteiger partial charge in [-0.15, -0.1) is 10.8 Å². The van der Waals surface area contributed by atoms with Gasteiger partial charge in [-0.05, 0) is 57.6 Å². The fourth-order valence-electron chi connectivity index (χ4n) is 2.83. The minimum atomic E-state index is -2.96. The number of hydrogen-bond acceptors (Lipinski definition) is 5. The van der Waals surface area contributed by atoms with E-state index in [9.17, 15) is 9.11 Å². The molecule has 1 unspecified atom stereocenters. The maximum atomic E-state index is 11.1. The first-order valence-corrected chi connectivity index (χ1v) is 10.5. The summed E-state index contributed by atoms with van der Waals surface area (Å²) in [6.07, 6.45) is 1.67. The second kappa shape index (κ2) is 7.37. The molecule has 24 heavy (non-hydrogen) atoms. The number of hydrogen-bond donors (Lipinski definition) is 3. The van der Waals surface area contributed by atoms with E-state index in [2.05, 4.69) is 11.4 Å². The van der Waals surface area contributed by atoms with E-state index in [-0.39, 0.29) is 4.58 Å². The quantitative estimate of drug-likeness (QED) is 0.634. The van der Waals surface area contributed by atoms with E-state index < -0.39 is 10.8 Å². The number of nitrogens with one attached hydrogen (secondary N) is 1. The van der Waals surface area contributed by atoms with Crippen LogP contribution in [0.3, 0.4) is 0 Å². The van der Waals surface area contributed by atoms with Crippen molar-refractivity contribution in [2.75, 3.05) is 17.9 Å². The zero-order valence-electron chi connectivity index (χ0n) is 14.0. The van der Waals surface area contributed by atoms with Crippen LogP contribution >= 0.6 is 22.5 Å². The number of fused-ring (bicyclic) bond motifs is 1. The lowest BCUT2D eigenvalue weighted by Gasteiger charge is -2.52. The summed E-state index contributed by atoms with van der Waals surface area (Å²) in [5.41, 5.74) is 2.85. The zero-order chi connectivity index (χ0) is 17.2. The summed E-state index contributed by atoms with van der Waals surface area (Å²) in [6, 6.07) is 15.9. The van der Waals surface area contributed by atoms with E-state index in [4.69, 9.17) is 0 Å². The van der Waals surface area contributed by atoms with Crippen LogP contribution in [0, 0.1) is 6.92 Å². The van der Waals surface area contributed by atoms with E-state index in [0.29, 0.717) is 0 Å². The Morgan fingerprint density at radius 2 is 1.83 bits per heavy atom. The van der Waals surface area contributed by atoms with Gasteiger partial charge in [-0.2, -0.15) is 0 Å². The smallest absolute Gasteiger partial charge is 0.119 e. The number of rotatable bonds is 5. The van der Waals surface area contributed by atoms with E-state index in [1.165, 1.54) is 0 Å². The highest BCUT2D eigenvalue weighted by molar-refractivity contribution is 8.34. The standard InChI is InChI=1S/C18H24N2O2S2/c1-14-9-11-15(12-10-14)20-16-6-3-4-7-17(16)23-18(24(20,21)22)8-5-13-19-2/h3-4,6-7,9-12,18-19,21-22H,5,8,13H2,1-2H3. The summed E-state index contributed by atoms with van der Waals surface area (Å²) in [7, 11) is -1.04. The highest BCUT2D eigenvalue weighted by atomic mass is 32.3. The molecule has 1 aliphatic heterocycles. The average Bonchev–Trinajstić information content (AvgIpc) is 2.56. The summed E-state index contributed by atoms with van der Waals surface area (Å²) in [5, 5.41) is 3.13. The minimum absolute atomic E-state index is 0.234. The Morgan fingerprint density at radius 3 is 2.54 bits per heavy atom. The molecule has 0 radical (unpaired) electrons. The van der Waals surface area contributed by atoms with Gasteiger partial charge in [0.2, 0.25) is 0 Å². The molecule has 0 fully saturated rings. The van der Waals surface area contributed by atoms with Crippen molar-refractivity contribution in [2.24, 2.45) is 0 Å². The second-order valence-corrected chi connectivity index (χ2v) is 9.55. The molecule has 3 rings (SSSR count). The van der Waals surface area contributed by atoms with E-state index in [0.717, 1.165) is 41.2 Å². The van der Waals surface area contributed by atoms with Crippen molar-refractivity contribution in [3.05, 3.63) is 54.1 Å². The van der Waals surface area contributed by atoms with Crippen LogP contribution in [0.4, 0.5) is 11.4 Å². The van der Waals surface area contributed by atoms with Crippen molar-refractivity contribution in [1.82, 2.24) is 5.32 Å². The van der Waals surface area contributed by atoms with Gasteiger partial charge in [-0.25, -0.2) is 4.31 Å². The highest BCUT2D eigenvalue weighted by Gasteiger charge is 2.39. The van der Waals surface area contributed by atoms with Crippen LogP contribution in [0.5, 0.6) is 0 Å². The maximum absolute atomic E-state index is 11.1.